The minimum absolute atomic E-state index is 0.0445. The number of nitrogens with zero attached hydrogens (tertiary/aromatic N) is 2. The van der Waals surface area contributed by atoms with Crippen LogP contribution in [0.5, 0.6) is 0 Å². The van der Waals surface area contributed by atoms with Crippen molar-refractivity contribution in [3.63, 3.8) is 0 Å². The van der Waals surface area contributed by atoms with Gasteiger partial charge in [-0.25, -0.2) is 8.42 Å². The number of nitrogens with one attached hydrogen (secondary N) is 1. The first-order chi connectivity index (χ1) is 18.2. The average molecular weight is 597 g/mol. The third-order valence-electron chi connectivity index (χ3n) is 7.21. The number of amides is 2. The minimum Gasteiger partial charge on any atom is -0.352 e. The molecular weight excluding hydrogens is 557 g/mol. The summed E-state index contributed by atoms with van der Waals surface area (Å²) in [7, 11) is -3.82. The van der Waals surface area contributed by atoms with E-state index in [0.29, 0.717) is 21.3 Å². The second-order valence-electron chi connectivity index (χ2n) is 11.3. The van der Waals surface area contributed by atoms with Gasteiger partial charge >= 0.3 is 0 Å². The molecule has 10 heteroatoms. The number of hydrogen-bond acceptors (Lipinski definition) is 4. The number of sulfonamides is 1. The van der Waals surface area contributed by atoms with Gasteiger partial charge in [-0.2, -0.15) is 0 Å². The van der Waals surface area contributed by atoms with Gasteiger partial charge in [-0.05, 0) is 55.0 Å². The minimum atomic E-state index is -3.82. The summed E-state index contributed by atoms with van der Waals surface area (Å²) in [6.45, 7) is 7.32. The van der Waals surface area contributed by atoms with Crippen LogP contribution in [-0.2, 0) is 31.6 Å². The smallest absolute Gasteiger partial charge is 0.244 e. The van der Waals surface area contributed by atoms with Gasteiger partial charge in [-0.1, -0.05) is 81.4 Å². The van der Waals surface area contributed by atoms with Gasteiger partial charge in [0.25, 0.3) is 0 Å². The predicted molar refractivity (Wildman–Crippen MR) is 159 cm³/mol. The Hall–Kier alpha value is -2.29. The SMILES string of the molecule is C[C@H](C(=O)NC1CCCCC1)N(Cc1c(Cl)cccc1Cl)C(=O)CN(c1ccc(C(C)(C)C)cc1)S(C)(=O)=O. The molecule has 0 radical (unpaired) electrons. The second-order valence-corrected chi connectivity index (χ2v) is 14.0. The van der Waals surface area contributed by atoms with Crippen molar-refractivity contribution < 1.29 is 18.0 Å². The van der Waals surface area contributed by atoms with E-state index >= 15 is 0 Å². The maximum absolute atomic E-state index is 13.8. The highest BCUT2D eigenvalue weighted by Gasteiger charge is 2.32. The van der Waals surface area contributed by atoms with Crippen LogP contribution in [0.25, 0.3) is 0 Å². The number of rotatable bonds is 9. The van der Waals surface area contributed by atoms with Gasteiger partial charge in [0.15, 0.2) is 0 Å². The largest absolute Gasteiger partial charge is 0.352 e. The van der Waals surface area contributed by atoms with Crippen molar-refractivity contribution in [2.24, 2.45) is 0 Å². The lowest BCUT2D eigenvalue weighted by Gasteiger charge is -2.33. The summed E-state index contributed by atoms with van der Waals surface area (Å²) in [5, 5.41) is 3.79. The molecule has 214 valence electrons. The zero-order valence-corrected chi connectivity index (χ0v) is 25.7. The molecule has 0 unspecified atom stereocenters. The Bertz CT molecular complexity index is 1250. The van der Waals surface area contributed by atoms with E-state index < -0.39 is 28.5 Å². The topological polar surface area (TPSA) is 86.8 Å². The van der Waals surface area contributed by atoms with Crippen LogP contribution >= 0.6 is 23.2 Å². The molecule has 1 fully saturated rings. The highest BCUT2D eigenvalue weighted by atomic mass is 35.5. The average Bonchev–Trinajstić information content (AvgIpc) is 2.86. The maximum Gasteiger partial charge on any atom is 0.244 e. The first-order valence-corrected chi connectivity index (χ1v) is 15.9. The van der Waals surface area contributed by atoms with Crippen molar-refractivity contribution in [3.8, 4) is 0 Å². The van der Waals surface area contributed by atoms with Crippen LogP contribution in [0.3, 0.4) is 0 Å². The van der Waals surface area contributed by atoms with E-state index in [1.165, 1.54) is 4.90 Å². The van der Waals surface area contributed by atoms with Crippen LogP contribution in [0, 0.1) is 0 Å². The highest BCUT2D eigenvalue weighted by molar-refractivity contribution is 7.92. The van der Waals surface area contributed by atoms with E-state index in [2.05, 4.69) is 26.1 Å². The van der Waals surface area contributed by atoms with Crippen molar-refractivity contribution in [1.29, 1.82) is 0 Å². The number of carbonyl (C=O) groups excluding carboxylic acids is 2. The molecule has 0 spiro atoms. The Morgan fingerprint density at radius 2 is 1.56 bits per heavy atom. The summed E-state index contributed by atoms with van der Waals surface area (Å²) in [6, 6.07) is 11.3. The zero-order chi connectivity index (χ0) is 29.0. The first kappa shape index (κ1) is 31.2. The van der Waals surface area contributed by atoms with Crippen molar-refractivity contribution in [2.75, 3.05) is 17.1 Å². The fraction of sp³-hybridized carbons (Fsp3) is 0.517. The van der Waals surface area contributed by atoms with E-state index in [0.717, 1.165) is 48.2 Å². The predicted octanol–water partition coefficient (Wildman–Crippen LogP) is 5.92. The van der Waals surface area contributed by atoms with Crippen LogP contribution in [-0.4, -0.2) is 50.0 Å². The zero-order valence-electron chi connectivity index (χ0n) is 23.3. The number of halogens is 2. The van der Waals surface area contributed by atoms with Crippen LogP contribution in [0.2, 0.25) is 10.0 Å². The number of carbonyl (C=O) groups is 2. The molecule has 0 aromatic heterocycles. The summed E-state index contributed by atoms with van der Waals surface area (Å²) < 4.78 is 26.7. The Morgan fingerprint density at radius 1 is 1.00 bits per heavy atom. The molecule has 0 heterocycles. The molecule has 0 aliphatic heterocycles. The van der Waals surface area contributed by atoms with Crippen molar-refractivity contribution in [1.82, 2.24) is 10.2 Å². The number of anilines is 1. The quantitative estimate of drug-likeness (QED) is 0.389. The Morgan fingerprint density at radius 3 is 2.08 bits per heavy atom. The standard InChI is InChI=1S/C29H39Cl2N3O4S/c1-20(28(36)32-22-10-7-6-8-11-22)33(18-24-25(30)12-9-13-26(24)31)27(35)19-34(39(5,37)38)23-16-14-21(15-17-23)29(2,3)4/h9,12-17,20,22H,6-8,10-11,18-19H2,1-5H3,(H,32,36)/t20-/m1/s1. The molecule has 1 aliphatic rings. The third kappa shape index (κ3) is 8.35. The summed E-state index contributed by atoms with van der Waals surface area (Å²) in [5.41, 5.74) is 1.78. The highest BCUT2D eigenvalue weighted by Crippen LogP contribution is 2.29. The fourth-order valence-corrected chi connectivity index (χ4v) is 6.11. The van der Waals surface area contributed by atoms with Crippen molar-refractivity contribution >= 4 is 50.7 Å². The third-order valence-corrected chi connectivity index (χ3v) is 9.06. The molecule has 0 saturated heterocycles. The van der Waals surface area contributed by atoms with E-state index in [-0.39, 0.29) is 23.9 Å². The van der Waals surface area contributed by atoms with Gasteiger partial charge in [0.2, 0.25) is 21.8 Å². The molecule has 2 aromatic carbocycles. The summed E-state index contributed by atoms with van der Waals surface area (Å²) in [4.78, 5) is 28.5. The molecule has 0 bridgehead atoms. The van der Waals surface area contributed by atoms with Crippen LogP contribution < -0.4 is 9.62 Å². The van der Waals surface area contributed by atoms with Crippen LogP contribution in [0.15, 0.2) is 42.5 Å². The molecule has 1 atom stereocenters. The van der Waals surface area contributed by atoms with Gasteiger partial charge in [0.05, 0.1) is 11.9 Å². The van der Waals surface area contributed by atoms with E-state index in [1.54, 1.807) is 37.3 Å². The van der Waals surface area contributed by atoms with Crippen molar-refractivity contribution in [2.45, 2.75) is 83.8 Å². The normalized spacial score (nSPS) is 15.5. The number of benzene rings is 2. The molecule has 2 aromatic rings. The lowest BCUT2D eigenvalue weighted by atomic mass is 9.87. The van der Waals surface area contributed by atoms with Crippen LogP contribution in [0.1, 0.15) is 70.9 Å². The molecule has 3 rings (SSSR count). The van der Waals surface area contributed by atoms with Crippen molar-refractivity contribution in [3.05, 3.63) is 63.6 Å². The Balaban J connectivity index is 1.92. The summed E-state index contributed by atoms with van der Waals surface area (Å²) in [6.07, 6.45) is 6.11. The molecule has 1 saturated carbocycles. The lowest BCUT2D eigenvalue weighted by molar-refractivity contribution is -0.139. The van der Waals surface area contributed by atoms with Gasteiger partial charge < -0.3 is 10.2 Å². The molecule has 7 nitrogen and oxygen atoms in total. The Labute approximate surface area is 242 Å². The van der Waals surface area contributed by atoms with Gasteiger partial charge in [0, 0.05) is 28.2 Å². The second kappa shape index (κ2) is 12.9. The Kier molecular flexibility index (Phi) is 10.3. The molecule has 39 heavy (non-hydrogen) atoms. The summed E-state index contributed by atoms with van der Waals surface area (Å²) in [5.74, 6) is -0.832. The van der Waals surface area contributed by atoms with Gasteiger partial charge in [-0.3, -0.25) is 13.9 Å². The van der Waals surface area contributed by atoms with Gasteiger partial charge in [0.1, 0.15) is 12.6 Å². The number of hydrogen-bond donors (Lipinski definition) is 1. The molecular formula is C29H39Cl2N3O4S. The van der Waals surface area contributed by atoms with E-state index in [4.69, 9.17) is 23.2 Å². The molecule has 1 aliphatic carbocycles. The van der Waals surface area contributed by atoms with E-state index in [1.807, 2.05) is 12.1 Å². The monoisotopic (exact) mass is 595 g/mol. The van der Waals surface area contributed by atoms with Gasteiger partial charge in [-0.15, -0.1) is 0 Å². The summed E-state index contributed by atoms with van der Waals surface area (Å²) >= 11 is 12.8. The van der Waals surface area contributed by atoms with Crippen LogP contribution in [0.4, 0.5) is 5.69 Å². The molecule has 2 amide bonds. The first-order valence-electron chi connectivity index (χ1n) is 13.3. The maximum atomic E-state index is 13.8. The molecule has 1 N–H and O–H groups in total. The lowest BCUT2D eigenvalue weighted by Crippen LogP contribution is -2.53. The fourth-order valence-electron chi connectivity index (χ4n) is 4.75. The van der Waals surface area contributed by atoms with E-state index in [9.17, 15) is 18.0 Å².